The number of fused-ring (bicyclic) bond motifs is 1. The number of hydrogen-bond donors (Lipinski definition) is 2. The van der Waals surface area contributed by atoms with Gasteiger partial charge in [0.15, 0.2) is 0 Å². The Kier molecular flexibility index (Phi) is 5.69. The van der Waals surface area contributed by atoms with E-state index in [0.717, 1.165) is 22.7 Å². The molecule has 0 atom stereocenters. The molecule has 1 aliphatic heterocycles. The van der Waals surface area contributed by atoms with E-state index in [1.165, 1.54) is 0 Å². The maximum Gasteiger partial charge on any atom is 0.256 e. The van der Waals surface area contributed by atoms with Crippen LogP contribution in [0, 0.1) is 0 Å². The Morgan fingerprint density at radius 1 is 0.968 bits per heavy atom. The van der Waals surface area contributed by atoms with Gasteiger partial charge < -0.3 is 14.8 Å². The van der Waals surface area contributed by atoms with Crippen molar-refractivity contribution in [2.45, 2.75) is 6.42 Å². The lowest BCUT2D eigenvalue weighted by Crippen LogP contribution is -2.51. The van der Waals surface area contributed by atoms with E-state index >= 15 is 0 Å². The van der Waals surface area contributed by atoms with Crippen molar-refractivity contribution < 1.29 is 18.0 Å². The van der Waals surface area contributed by atoms with Crippen LogP contribution in [0.1, 0.15) is 15.9 Å². The van der Waals surface area contributed by atoms with Crippen LogP contribution in [0.25, 0.3) is 10.9 Å². The maximum absolute atomic E-state index is 13.0. The first-order chi connectivity index (χ1) is 14.8. The number of sulfonamides is 1. The van der Waals surface area contributed by atoms with Crippen LogP contribution in [-0.4, -0.2) is 67.5 Å². The lowest BCUT2D eigenvalue weighted by molar-refractivity contribution is -0.131. The minimum atomic E-state index is -3.50. The number of H-pyrrole nitrogens is 1. The Hall–Kier alpha value is -3.33. The second kappa shape index (κ2) is 8.43. The minimum Gasteiger partial charge on any atom is -0.361 e. The molecule has 1 aliphatic rings. The maximum atomic E-state index is 13.0. The van der Waals surface area contributed by atoms with Crippen LogP contribution in [0.4, 0.5) is 5.69 Å². The molecule has 8 nitrogen and oxygen atoms in total. The first-order valence-corrected chi connectivity index (χ1v) is 11.9. The Balaban J connectivity index is 1.40. The van der Waals surface area contributed by atoms with Gasteiger partial charge in [-0.3, -0.25) is 14.3 Å². The smallest absolute Gasteiger partial charge is 0.256 e. The molecule has 0 bridgehead atoms. The van der Waals surface area contributed by atoms with Crippen molar-refractivity contribution in [2.75, 3.05) is 37.2 Å². The quantitative estimate of drug-likeness (QED) is 0.634. The highest BCUT2D eigenvalue weighted by Gasteiger charge is 2.26. The number of anilines is 1. The average molecular weight is 441 g/mol. The average Bonchev–Trinajstić information content (AvgIpc) is 3.15. The zero-order valence-electron chi connectivity index (χ0n) is 17.2. The first-order valence-electron chi connectivity index (χ1n) is 10.0. The molecular weight excluding hydrogens is 416 g/mol. The predicted molar refractivity (Wildman–Crippen MR) is 119 cm³/mol. The minimum absolute atomic E-state index is 0.0241. The number of nitrogens with one attached hydrogen (secondary N) is 2. The van der Waals surface area contributed by atoms with Gasteiger partial charge in [-0.25, -0.2) is 8.42 Å². The van der Waals surface area contributed by atoms with Crippen molar-refractivity contribution in [3.8, 4) is 0 Å². The fourth-order valence-electron chi connectivity index (χ4n) is 3.84. The summed E-state index contributed by atoms with van der Waals surface area (Å²) in [6.45, 7) is 1.67. The van der Waals surface area contributed by atoms with Crippen molar-refractivity contribution in [3.63, 3.8) is 0 Å². The van der Waals surface area contributed by atoms with E-state index in [2.05, 4.69) is 9.71 Å². The molecule has 4 rings (SSSR count). The van der Waals surface area contributed by atoms with Crippen LogP contribution < -0.4 is 4.72 Å². The Labute approximate surface area is 180 Å². The molecule has 2 N–H and O–H groups in total. The molecule has 0 radical (unpaired) electrons. The summed E-state index contributed by atoms with van der Waals surface area (Å²) in [5, 5.41) is 1.04. The summed E-state index contributed by atoms with van der Waals surface area (Å²) in [4.78, 5) is 32.4. The topological polar surface area (TPSA) is 103 Å². The summed E-state index contributed by atoms with van der Waals surface area (Å²) in [5.41, 5.74) is 2.52. The second-order valence-corrected chi connectivity index (χ2v) is 9.38. The van der Waals surface area contributed by atoms with E-state index in [1.807, 2.05) is 30.5 Å². The molecule has 3 aromatic rings. The van der Waals surface area contributed by atoms with Crippen LogP contribution in [0.15, 0.2) is 54.7 Å². The normalized spacial score (nSPS) is 14.6. The van der Waals surface area contributed by atoms with Gasteiger partial charge in [0.25, 0.3) is 5.91 Å². The van der Waals surface area contributed by atoms with E-state index in [4.69, 9.17) is 0 Å². The van der Waals surface area contributed by atoms with Crippen LogP contribution in [0.3, 0.4) is 0 Å². The van der Waals surface area contributed by atoms with Crippen molar-refractivity contribution in [1.82, 2.24) is 14.8 Å². The van der Waals surface area contributed by atoms with Crippen LogP contribution in [0.5, 0.6) is 0 Å². The fraction of sp³-hybridized carbons (Fsp3) is 0.273. The Bertz CT molecular complexity index is 1230. The molecule has 1 fully saturated rings. The number of aromatic nitrogens is 1. The molecular formula is C22H24N4O4S. The van der Waals surface area contributed by atoms with Crippen molar-refractivity contribution >= 4 is 38.4 Å². The summed E-state index contributed by atoms with van der Waals surface area (Å²) in [6.07, 6.45) is 3.22. The largest absolute Gasteiger partial charge is 0.361 e. The van der Waals surface area contributed by atoms with Gasteiger partial charge in [0.2, 0.25) is 15.9 Å². The zero-order chi connectivity index (χ0) is 22.0. The molecule has 1 saturated heterocycles. The summed E-state index contributed by atoms with van der Waals surface area (Å²) in [6, 6.07) is 14.4. The number of benzene rings is 2. The van der Waals surface area contributed by atoms with Gasteiger partial charge in [0.1, 0.15) is 0 Å². The third kappa shape index (κ3) is 4.72. The fourth-order valence-corrected chi connectivity index (χ4v) is 4.42. The number of hydrogen-bond acceptors (Lipinski definition) is 4. The predicted octanol–water partition coefficient (Wildman–Crippen LogP) is 2.07. The Morgan fingerprint density at radius 3 is 2.35 bits per heavy atom. The molecule has 2 heterocycles. The van der Waals surface area contributed by atoms with Crippen molar-refractivity contribution in [2.24, 2.45) is 0 Å². The van der Waals surface area contributed by atoms with E-state index in [1.54, 1.807) is 34.1 Å². The lowest BCUT2D eigenvalue weighted by atomic mass is 10.1. The number of carbonyl (C=O) groups excluding carboxylic acids is 2. The van der Waals surface area contributed by atoms with E-state index < -0.39 is 10.0 Å². The molecule has 1 aromatic heterocycles. The van der Waals surface area contributed by atoms with Gasteiger partial charge in [-0.05, 0) is 23.8 Å². The standard InChI is InChI=1S/C22H24N4O4S/c1-31(29,30)24-20-9-5-3-7-18(20)22(28)26-12-10-25(11-13-26)21(27)14-16-15-23-19-8-4-2-6-17(16)19/h2-9,15,23-24H,10-14H2,1H3. The number of para-hydroxylation sites is 2. The van der Waals surface area contributed by atoms with Crippen molar-refractivity contribution in [1.29, 1.82) is 0 Å². The number of aromatic amines is 1. The highest BCUT2D eigenvalue weighted by molar-refractivity contribution is 7.92. The van der Waals surface area contributed by atoms with E-state index in [-0.39, 0.29) is 17.5 Å². The van der Waals surface area contributed by atoms with E-state index in [0.29, 0.717) is 38.2 Å². The third-order valence-electron chi connectivity index (χ3n) is 5.39. The Morgan fingerprint density at radius 2 is 1.61 bits per heavy atom. The highest BCUT2D eigenvalue weighted by Crippen LogP contribution is 2.21. The molecule has 0 spiro atoms. The number of carbonyl (C=O) groups is 2. The van der Waals surface area contributed by atoms with Crippen LogP contribution in [0.2, 0.25) is 0 Å². The summed E-state index contributed by atoms with van der Waals surface area (Å²) < 4.78 is 25.6. The summed E-state index contributed by atoms with van der Waals surface area (Å²) >= 11 is 0. The van der Waals surface area contributed by atoms with Gasteiger partial charge in [0, 0.05) is 43.3 Å². The van der Waals surface area contributed by atoms with Crippen LogP contribution in [-0.2, 0) is 21.2 Å². The monoisotopic (exact) mass is 440 g/mol. The molecule has 0 aliphatic carbocycles. The molecule has 0 saturated carbocycles. The van der Waals surface area contributed by atoms with Crippen LogP contribution >= 0.6 is 0 Å². The van der Waals surface area contributed by atoms with Gasteiger partial charge in [0.05, 0.1) is 23.9 Å². The summed E-state index contributed by atoms with van der Waals surface area (Å²) in [5.74, 6) is -0.230. The van der Waals surface area contributed by atoms with Crippen molar-refractivity contribution in [3.05, 3.63) is 65.9 Å². The SMILES string of the molecule is CS(=O)(=O)Nc1ccccc1C(=O)N1CCN(C(=O)Cc2c[nH]c3ccccc23)CC1. The van der Waals surface area contributed by atoms with Gasteiger partial charge in [-0.1, -0.05) is 30.3 Å². The number of amides is 2. The number of rotatable bonds is 5. The summed E-state index contributed by atoms with van der Waals surface area (Å²) in [7, 11) is -3.50. The lowest BCUT2D eigenvalue weighted by Gasteiger charge is -2.35. The molecule has 2 aromatic carbocycles. The third-order valence-corrected chi connectivity index (χ3v) is 5.98. The highest BCUT2D eigenvalue weighted by atomic mass is 32.2. The second-order valence-electron chi connectivity index (χ2n) is 7.63. The van der Waals surface area contributed by atoms with E-state index in [9.17, 15) is 18.0 Å². The van der Waals surface area contributed by atoms with Gasteiger partial charge in [-0.15, -0.1) is 0 Å². The molecule has 9 heteroatoms. The number of piperazine rings is 1. The van der Waals surface area contributed by atoms with Gasteiger partial charge in [-0.2, -0.15) is 0 Å². The van der Waals surface area contributed by atoms with Gasteiger partial charge >= 0.3 is 0 Å². The molecule has 2 amide bonds. The zero-order valence-corrected chi connectivity index (χ0v) is 18.0. The molecule has 31 heavy (non-hydrogen) atoms. The number of nitrogens with zero attached hydrogens (tertiary/aromatic N) is 2. The molecule has 0 unspecified atom stereocenters. The molecule has 162 valence electrons. The first kappa shape index (κ1) is 20.9.